The van der Waals surface area contributed by atoms with Crippen LogP contribution in [0, 0.1) is 22.6 Å². The minimum absolute atomic E-state index is 0.0370. The van der Waals surface area contributed by atoms with Gasteiger partial charge in [-0.2, -0.15) is 4.31 Å². The number of hydrogen-bond acceptors (Lipinski definition) is 6. The molecule has 7 nitrogen and oxygen atoms in total. The lowest BCUT2D eigenvalue weighted by molar-refractivity contribution is -0.128. The van der Waals surface area contributed by atoms with Gasteiger partial charge in [0.1, 0.15) is 11.9 Å². The third-order valence-corrected chi connectivity index (χ3v) is 9.15. The number of nitrogens with zero attached hydrogens (tertiary/aromatic N) is 3. The van der Waals surface area contributed by atoms with Crippen molar-refractivity contribution in [3.8, 4) is 6.01 Å². The maximum atomic E-state index is 13.2. The lowest BCUT2D eigenvalue weighted by Crippen LogP contribution is -2.50. The second-order valence-corrected chi connectivity index (χ2v) is 10.8. The first-order valence-electron chi connectivity index (χ1n) is 9.79. The Bertz CT molecular complexity index is 874. The Morgan fingerprint density at radius 3 is 2.61 bits per heavy atom. The van der Waals surface area contributed by atoms with Crippen molar-refractivity contribution >= 4 is 15.8 Å². The minimum Gasteiger partial charge on any atom is -0.459 e. The van der Waals surface area contributed by atoms with Gasteiger partial charge in [0.15, 0.2) is 5.82 Å². The van der Waals surface area contributed by atoms with E-state index in [-0.39, 0.29) is 35.4 Å². The molecule has 0 N–H and O–H groups in total. The average Bonchev–Trinajstić information content (AvgIpc) is 2.98. The molecule has 3 fully saturated rings. The normalized spacial score (nSPS) is 32.6. The van der Waals surface area contributed by atoms with Crippen molar-refractivity contribution in [3.05, 3.63) is 18.2 Å². The van der Waals surface area contributed by atoms with Crippen LogP contribution in [0.5, 0.6) is 6.01 Å². The van der Waals surface area contributed by atoms with Gasteiger partial charge in [-0.1, -0.05) is 13.8 Å². The molecule has 0 spiro atoms. The van der Waals surface area contributed by atoms with Crippen LogP contribution >= 0.6 is 0 Å². The van der Waals surface area contributed by atoms with E-state index in [1.54, 1.807) is 0 Å². The number of rotatable bonds is 5. The highest BCUT2D eigenvalue weighted by molar-refractivity contribution is 7.89. The lowest BCUT2D eigenvalue weighted by Gasteiger charge is -2.39. The van der Waals surface area contributed by atoms with Crippen LogP contribution in [0.15, 0.2) is 12.4 Å². The van der Waals surface area contributed by atoms with E-state index >= 15 is 0 Å². The molecule has 2 aliphatic carbocycles. The first-order valence-corrected chi connectivity index (χ1v) is 11.4. The number of Topliss-reactive ketones (excluding diaryl/α,β-unsaturated/α-hetero) is 1. The largest absolute Gasteiger partial charge is 0.459 e. The van der Waals surface area contributed by atoms with Crippen LogP contribution in [0.4, 0.5) is 4.39 Å². The zero-order chi connectivity index (χ0) is 20.2. The number of hydrogen-bond donors (Lipinski definition) is 0. The molecule has 3 unspecified atom stereocenters. The van der Waals surface area contributed by atoms with Gasteiger partial charge in [-0.05, 0) is 37.0 Å². The first-order chi connectivity index (χ1) is 13.1. The fraction of sp³-hybridized carbons (Fsp3) is 0.737. The predicted octanol–water partition coefficient (Wildman–Crippen LogP) is 2.18. The van der Waals surface area contributed by atoms with E-state index < -0.39 is 27.4 Å². The Hall–Kier alpha value is -1.61. The van der Waals surface area contributed by atoms with E-state index in [1.807, 2.05) is 13.8 Å². The van der Waals surface area contributed by atoms with Crippen molar-refractivity contribution in [2.75, 3.05) is 18.8 Å². The summed E-state index contributed by atoms with van der Waals surface area (Å²) >= 11 is 0. The summed E-state index contributed by atoms with van der Waals surface area (Å²) in [5.74, 6) is -0.300. The number of aromatic nitrogens is 2. The van der Waals surface area contributed by atoms with E-state index in [9.17, 15) is 17.6 Å². The monoisotopic (exact) mass is 411 g/mol. The van der Waals surface area contributed by atoms with Gasteiger partial charge in [-0.3, -0.25) is 4.79 Å². The molecule has 1 saturated heterocycles. The molecular weight excluding hydrogens is 385 g/mol. The zero-order valence-corrected chi connectivity index (χ0v) is 17.0. The van der Waals surface area contributed by atoms with Crippen LogP contribution in [-0.2, 0) is 14.8 Å². The Balaban J connectivity index is 1.48. The third kappa shape index (κ3) is 3.12. The van der Waals surface area contributed by atoms with Gasteiger partial charge in [-0.25, -0.2) is 22.8 Å². The van der Waals surface area contributed by atoms with Crippen LogP contribution in [-0.4, -0.2) is 53.4 Å². The molecule has 1 aliphatic heterocycles. The summed E-state index contributed by atoms with van der Waals surface area (Å²) in [6, 6.07) is 0.0370. The Morgan fingerprint density at radius 1 is 1.29 bits per heavy atom. The van der Waals surface area contributed by atoms with Crippen molar-refractivity contribution in [1.82, 2.24) is 14.3 Å². The molecular formula is C19H26FN3O4S. The highest BCUT2D eigenvalue weighted by Crippen LogP contribution is 2.64. The van der Waals surface area contributed by atoms with E-state index in [2.05, 4.69) is 9.97 Å². The van der Waals surface area contributed by atoms with E-state index in [4.69, 9.17) is 4.74 Å². The van der Waals surface area contributed by atoms with Crippen molar-refractivity contribution in [3.63, 3.8) is 0 Å². The van der Waals surface area contributed by atoms with Gasteiger partial charge < -0.3 is 4.74 Å². The number of ether oxygens (including phenoxy) is 1. The first kappa shape index (κ1) is 19.7. The lowest BCUT2D eigenvalue weighted by atomic mass is 9.70. The summed E-state index contributed by atoms with van der Waals surface area (Å²) in [7, 11) is -3.61. The highest BCUT2D eigenvalue weighted by atomic mass is 32.2. The average molecular weight is 411 g/mol. The van der Waals surface area contributed by atoms with Crippen molar-refractivity contribution < 1.29 is 22.3 Å². The summed E-state index contributed by atoms with van der Waals surface area (Å²) in [5.41, 5.74) is -1.06. The molecule has 9 heteroatoms. The molecule has 3 atom stereocenters. The van der Waals surface area contributed by atoms with Gasteiger partial charge in [0.25, 0.3) is 0 Å². The molecule has 28 heavy (non-hydrogen) atoms. The summed E-state index contributed by atoms with van der Waals surface area (Å²) < 4.78 is 46.5. The van der Waals surface area contributed by atoms with Crippen LogP contribution in [0.3, 0.4) is 0 Å². The Kier molecular flexibility index (Phi) is 4.73. The van der Waals surface area contributed by atoms with E-state index in [0.717, 1.165) is 18.8 Å². The molecule has 154 valence electrons. The summed E-state index contributed by atoms with van der Waals surface area (Å²) in [6.45, 7) is 4.69. The number of ketones is 1. The number of carbonyl (C=O) groups is 1. The van der Waals surface area contributed by atoms with Crippen molar-refractivity contribution in [1.29, 1.82) is 0 Å². The predicted molar refractivity (Wildman–Crippen MR) is 99.6 cm³/mol. The van der Waals surface area contributed by atoms with Gasteiger partial charge >= 0.3 is 6.01 Å². The minimum atomic E-state index is -3.61. The van der Waals surface area contributed by atoms with Crippen molar-refractivity contribution in [2.24, 2.45) is 16.7 Å². The molecule has 0 amide bonds. The molecule has 1 aromatic heterocycles. The van der Waals surface area contributed by atoms with E-state index in [0.29, 0.717) is 32.2 Å². The molecule has 0 aromatic carbocycles. The maximum Gasteiger partial charge on any atom is 0.316 e. The number of halogens is 1. The standard InChI is InChI=1S/C19H26FN3O4S/c1-18(2)13-5-6-19(18,16(24)8-13)12-28(25,26)23-7-3-4-15(11-23)27-17-21-9-14(20)10-22-17/h9-10,13,15H,3-8,11-12H2,1-2H3. The van der Waals surface area contributed by atoms with Gasteiger partial charge in [0.2, 0.25) is 10.0 Å². The maximum absolute atomic E-state index is 13.2. The molecule has 0 radical (unpaired) electrons. The van der Waals surface area contributed by atoms with Crippen LogP contribution in [0.25, 0.3) is 0 Å². The number of piperidine rings is 1. The summed E-state index contributed by atoms with van der Waals surface area (Å²) in [6.07, 6.45) is 5.03. The summed E-state index contributed by atoms with van der Waals surface area (Å²) in [4.78, 5) is 20.3. The molecule has 2 saturated carbocycles. The van der Waals surface area contributed by atoms with Crippen LogP contribution in [0.2, 0.25) is 0 Å². The van der Waals surface area contributed by atoms with Crippen LogP contribution < -0.4 is 4.74 Å². The molecule has 2 bridgehead atoms. The van der Waals surface area contributed by atoms with Crippen molar-refractivity contribution in [2.45, 2.75) is 52.1 Å². The topological polar surface area (TPSA) is 89.5 Å². The quantitative estimate of drug-likeness (QED) is 0.738. The second kappa shape index (κ2) is 6.73. The fourth-order valence-electron chi connectivity index (χ4n) is 5.28. The Labute approximate surface area is 164 Å². The molecule has 3 aliphatic rings. The second-order valence-electron chi connectivity index (χ2n) is 8.85. The van der Waals surface area contributed by atoms with Gasteiger partial charge in [-0.15, -0.1) is 0 Å². The zero-order valence-electron chi connectivity index (χ0n) is 16.2. The van der Waals surface area contributed by atoms with Gasteiger partial charge in [0, 0.05) is 18.4 Å². The van der Waals surface area contributed by atoms with Crippen LogP contribution in [0.1, 0.15) is 46.0 Å². The van der Waals surface area contributed by atoms with Gasteiger partial charge in [0.05, 0.1) is 24.7 Å². The number of fused-ring (bicyclic) bond motifs is 2. The molecule has 2 heterocycles. The molecule has 4 rings (SSSR count). The third-order valence-electron chi connectivity index (χ3n) is 7.17. The summed E-state index contributed by atoms with van der Waals surface area (Å²) in [5, 5.41) is 0. The number of carbonyl (C=O) groups excluding carboxylic acids is 1. The van der Waals surface area contributed by atoms with E-state index in [1.165, 1.54) is 4.31 Å². The Morgan fingerprint density at radius 2 is 2.00 bits per heavy atom. The smallest absolute Gasteiger partial charge is 0.316 e. The highest BCUT2D eigenvalue weighted by Gasteiger charge is 2.65. The molecule has 1 aromatic rings. The number of sulfonamides is 1. The fourth-order valence-corrected chi connectivity index (χ4v) is 7.56. The SMILES string of the molecule is CC1(C)C2CCC1(CS(=O)(=O)N1CCCC(Oc3ncc(F)cn3)C1)C(=O)C2.